The van der Waals surface area contributed by atoms with Gasteiger partial charge in [0.2, 0.25) is 0 Å². The average Bonchev–Trinajstić information content (AvgIpc) is 3.33. The number of aromatic nitrogens is 2. The fourth-order valence-corrected chi connectivity index (χ4v) is 3.63. The highest BCUT2D eigenvalue weighted by Gasteiger charge is 2.16. The van der Waals surface area contributed by atoms with E-state index < -0.39 is 11.8 Å². The maximum absolute atomic E-state index is 13.4. The van der Waals surface area contributed by atoms with Crippen LogP contribution in [0.5, 0.6) is 5.75 Å². The zero-order chi connectivity index (χ0) is 27.7. The first-order chi connectivity index (χ1) is 18.3. The van der Waals surface area contributed by atoms with E-state index in [-0.39, 0.29) is 25.2 Å². The highest BCUT2D eigenvalue weighted by Crippen LogP contribution is 2.23. The van der Waals surface area contributed by atoms with Gasteiger partial charge in [-0.3, -0.25) is 9.20 Å². The van der Waals surface area contributed by atoms with E-state index in [9.17, 15) is 14.0 Å². The highest BCUT2D eigenvalue weighted by atomic mass is 19.1. The summed E-state index contributed by atoms with van der Waals surface area (Å²) in [6, 6.07) is 13.6. The first-order valence-electron chi connectivity index (χ1n) is 12.3. The number of nitrogens with one attached hydrogen (secondary N) is 3. The molecule has 4 N–H and O–H groups in total. The van der Waals surface area contributed by atoms with E-state index in [1.54, 1.807) is 34.9 Å². The number of aryl methyl sites for hydroxylation is 1. The number of anilines is 2. The summed E-state index contributed by atoms with van der Waals surface area (Å²) in [6.45, 7) is 7.74. The molecule has 0 unspecified atom stereocenters. The van der Waals surface area contributed by atoms with E-state index >= 15 is 0 Å². The first kappa shape index (κ1) is 28.1. The molecule has 4 rings (SSSR count). The third-order valence-electron chi connectivity index (χ3n) is 5.52. The smallest absolute Gasteiger partial charge is 0.319 e. The molecule has 0 saturated heterocycles. The Hall–Kier alpha value is -4.44. The van der Waals surface area contributed by atoms with Crippen LogP contribution >= 0.6 is 0 Å². The second kappa shape index (κ2) is 13.2. The number of carbonyl (C=O) groups is 2. The summed E-state index contributed by atoms with van der Waals surface area (Å²) >= 11 is 0. The van der Waals surface area contributed by atoms with Crippen LogP contribution in [0.4, 0.5) is 20.6 Å². The third-order valence-corrected chi connectivity index (χ3v) is 5.52. The number of ether oxygens (including phenoxy) is 1. The molecule has 1 atom stereocenters. The molecule has 0 fully saturated rings. The number of benzene rings is 2. The molecule has 38 heavy (non-hydrogen) atoms. The molecule has 200 valence electrons. The predicted octanol–water partition coefficient (Wildman–Crippen LogP) is 5.31. The number of nitrogens with zero attached hydrogens (tertiary/aromatic N) is 2. The monoisotopic (exact) mass is 521 g/mol. The van der Waals surface area contributed by atoms with Crippen molar-refractivity contribution in [3.8, 4) is 5.75 Å². The summed E-state index contributed by atoms with van der Waals surface area (Å²) in [6.07, 6.45) is 3.15. The number of pyridine rings is 1. The second-order valence-corrected chi connectivity index (χ2v) is 8.17. The number of imidazole rings is 1. The first-order valence-corrected chi connectivity index (χ1v) is 12.3. The Labute approximate surface area is 220 Å². The Balaban J connectivity index is 0.00000195. The van der Waals surface area contributed by atoms with Crippen LogP contribution in [0, 0.1) is 12.7 Å². The highest BCUT2D eigenvalue weighted by molar-refractivity contribution is 6.04. The van der Waals surface area contributed by atoms with Crippen molar-refractivity contribution in [2.75, 3.05) is 23.8 Å². The Morgan fingerprint density at radius 1 is 1.11 bits per heavy atom. The van der Waals surface area contributed by atoms with Gasteiger partial charge in [0, 0.05) is 23.6 Å². The lowest BCUT2D eigenvalue weighted by atomic mass is 10.0. The van der Waals surface area contributed by atoms with Crippen LogP contribution in [0.2, 0.25) is 0 Å². The molecular formula is C28H32FN5O4. The summed E-state index contributed by atoms with van der Waals surface area (Å²) in [7, 11) is 0. The lowest BCUT2D eigenvalue weighted by molar-refractivity contribution is 0.102. The van der Waals surface area contributed by atoms with Gasteiger partial charge in [-0.05, 0) is 55.3 Å². The lowest BCUT2D eigenvalue weighted by Gasteiger charge is -2.17. The van der Waals surface area contributed by atoms with Gasteiger partial charge in [-0.25, -0.2) is 14.2 Å². The SMILES string of the molecule is CC.Cc1ccc([C@H](C)NC(=O)Nc2cccc(F)c2)cc1NC(=O)c1cnc2cc(OCCO)ccn12. The van der Waals surface area contributed by atoms with Gasteiger partial charge in [-0.1, -0.05) is 32.0 Å². The van der Waals surface area contributed by atoms with Crippen molar-refractivity contribution in [3.63, 3.8) is 0 Å². The van der Waals surface area contributed by atoms with Crippen molar-refractivity contribution in [1.82, 2.24) is 14.7 Å². The number of hydrogen-bond acceptors (Lipinski definition) is 5. The number of rotatable bonds is 8. The van der Waals surface area contributed by atoms with Gasteiger partial charge in [-0.2, -0.15) is 0 Å². The van der Waals surface area contributed by atoms with E-state index in [4.69, 9.17) is 9.84 Å². The van der Waals surface area contributed by atoms with Crippen molar-refractivity contribution < 1.29 is 23.8 Å². The molecule has 0 saturated carbocycles. The Morgan fingerprint density at radius 3 is 2.63 bits per heavy atom. The molecule has 4 aromatic rings. The van der Waals surface area contributed by atoms with E-state index in [0.29, 0.717) is 28.5 Å². The molecule has 10 heteroatoms. The van der Waals surface area contributed by atoms with Gasteiger partial charge in [0.05, 0.1) is 18.8 Å². The maximum atomic E-state index is 13.4. The molecule has 2 heterocycles. The summed E-state index contributed by atoms with van der Waals surface area (Å²) in [5, 5.41) is 17.2. The average molecular weight is 522 g/mol. The lowest BCUT2D eigenvalue weighted by Crippen LogP contribution is -2.31. The van der Waals surface area contributed by atoms with Crippen LogP contribution in [-0.4, -0.2) is 39.6 Å². The van der Waals surface area contributed by atoms with E-state index in [0.717, 1.165) is 11.1 Å². The maximum Gasteiger partial charge on any atom is 0.319 e. The molecule has 0 spiro atoms. The van der Waals surface area contributed by atoms with Crippen molar-refractivity contribution in [1.29, 1.82) is 0 Å². The molecular weight excluding hydrogens is 489 g/mol. The molecule has 0 aliphatic heterocycles. The van der Waals surface area contributed by atoms with Gasteiger partial charge in [0.15, 0.2) is 0 Å². The van der Waals surface area contributed by atoms with Crippen molar-refractivity contribution in [2.45, 2.75) is 33.7 Å². The van der Waals surface area contributed by atoms with Gasteiger partial charge in [0.1, 0.15) is 29.5 Å². The largest absolute Gasteiger partial charge is 0.491 e. The standard InChI is InChI=1S/C26H26FN5O4.C2H6/c1-16-6-7-18(17(2)29-26(35)30-20-5-3-4-19(27)13-20)12-22(16)31-25(34)23-15-28-24-14-21(36-11-10-33)8-9-32(23)24;1-2/h3-9,12-15,17,33H,10-11H2,1-2H3,(H,31,34)(H2,29,30,35);1-2H3/t17-;/m0./s1. The van der Waals surface area contributed by atoms with Crippen molar-refractivity contribution in [2.24, 2.45) is 0 Å². The van der Waals surface area contributed by atoms with Crippen LogP contribution in [-0.2, 0) is 0 Å². The van der Waals surface area contributed by atoms with Crippen molar-refractivity contribution >= 4 is 29.0 Å². The normalized spacial score (nSPS) is 11.2. The summed E-state index contributed by atoms with van der Waals surface area (Å²) in [5.74, 6) is -0.252. The quantitative estimate of drug-likeness (QED) is 0.251. The van der Waals surface area contributed by atoms with Crippen LogP contribution in [0.3, 0.4) is 0 Å². The minimum absolute atomic E-state index is 0.0997. The number of halogens is 1. The number of fused-ring (bicyclic) bond motifs is 1. The Kier molecular flexibility index (Phi) is 9.78. The number of aliphatic hydroxyl groups excluding tert-OH is 1. The van der Waals surface area contributed by atoms with E-state index in [2.05, 4.69) is 20.9 Å². The molecule has 2 aromatic heterocycles. The number of hydrogen-bond donors (Lipinski definition) is 4. The van der Waals surface area contributed by atoms with Crippen LogP contribution in [0.1, 0.15) is 48.4 Å². The van der Waals surface area contributed by atoms with Gasteiger partial charge in [-0.15, -0.1) is 0 Å². The van der Waals surface area contributed by atoms with Crippen LogP contribution < -0.4 is 20.7 Å². The van der Waals surface area contributed by atoms with E-state index in [1.165, 1.54) is 24.4 Å². The van der Waals surface area contributed by atoms with Crippen molar-refractivity contribution in [3.05, 3.63) is 89.6 Å². The summed E-state index contributed by atoms with van der Waals surface area (Å²) in [5.41, 5.74) is 3.42. The topological polar surface area (TPSA) is 117 Å². The molecule has 0 aliphatic carbocycles. The minimum Gasteiger partial charge on any atom is -0.491 e. The minimum atomic E-state index is -0.479. The second-order valence-electron chi connectivity index (χ2n) is 8.17. The molecule has 2 aromatic carbocycles. The fraction of sp³-hybridized carbons (Fsp3) is 0.250. The molecule has 0 aliphatic rings. The van der Waals surface area contributed by atoms with Gasteiger partial charge >= 0.3 is 6.03 Å². The molecule has 0 bridgehead atoms. The summed E-state index contributed by atoms with van der Waals surface area (Å²) < 4.78 is 20.4. The van der Waals surface area contributed by atoms with Gasteiger partial charge < -0.3 is 25.8 Å². The number of urea groups is 1. The fourth-order valence-electron chi connectivity index (χ4n) is 3.63. The zero-order valence-corrected chi connectivity index (χ0v) is 21.8. The van der Waals surface area contributed by atoms with Gasteiger partial charge in [0.25, 0.3) is 5.91 Å². The molecule has 9 nitrogen and oxygen atoms in total. The Bertz CT molecular complexity index is 1410. The summed E-state index contributed by atoms with van der Waals surface area (Å²) in [4.78, 5) is 29.7. The zero-order valence-electron chi connectivity index (χ0n) is 21.8. The predicted molar refractivity (Wildman–Crippen MR) is 145 cm³/mol. The third kappa shape index (κ3) is 7.07. The van der Waals surface area contributed by atoms with Crippen LogP contribution in [0.15, 0.2) is 67.0 Å². The number of carbonyl (C=O) groups excluding carboxylic acids is 2. The Morgan fingerprint density at radius 2 is 1.89 bits per heavy atom. The molecule has 3 amide bonds. The van der Waals surface area contributed by atoms with Crippen LogP contribution in [0.25, 0.3) is 5.65 Å². The number of amides is 3. The molecule has 0 radical (unpaired) electrons. The van der Waals surface area contributed by atoms with E-state index in [1.807, 2.05) is 39.8 Å². The number of aliphatic hydroxyl groups is 1.